The number of Topliss-reactive ketones (excluding diaryl/α,β-unsaturated/α-hetero) is 1. The van der Waals surface area contributed by atoms with Crippen molar-refractivity contribution in [2.24, 2.45) is 0 Å². The lowest BCUT2D eigenvalue weighted by Crippen LogP contribution is -2.44. The van der Waals surface area contributed by atoms with Crippen LogP contribution in [-0.2, 0) is 4.79 Å². The number of para-hydroxylation sites is 2. The molecular formula is C53H65O3P. The Bertz CT molecular complexity index is 2060. The van der Waals surface area contributed by atoms with Crippen LogP contribution >= 0.6 is 7.92 Å². The topological polar surface area (TPSA) is 35.5 Å². The molecule has 0 aliphatic carbocycles. The second kappa shape index (κ2) is 16.6. The van der Waals surface area contributed by atoms with E-state index < -0.39 is 7.92 Å². The van der Waals surface area contributed by atoms with Gasteiger partial charge in [-0.2, -0.15) is 0 Å². The van der Waals surface area contributed by atoms with Crippen LogP contribution in [0.25, 0.3) is 44.5 Å². The number of hydrogen-bond donors (Lipinski definition) is 0. The molecule has 0 amide bonds. The summed E-state index contributed by atoms with van der Waals surface area (Å²) in [5.41, 5.74) is 15.3. The van der Waals surface area contributed by atoms with Crippen molar-refractivity contribution < 1.29 is 14.3 Å². The van der Waals surface area contributed by atoms with Crippen LogP contribution < -0.4 is 14.8 Å². The van der Waals surface area contributed by atoms with Gasteiger partial charge in [-0.15, -0.1) is 0 Å². The Morgan fingerprint density at radius 1 is 0.491 bits per heavy atom. The predicted molar refractivity (Wildman–Crippen MR) is 247 cm³/mol. The second-order valence-electron chi connectivity index (χ2n) is 18.6. The third kappa shape index (κ3) is 8.12. The Morgan fingerprint density at radius 2 is 0.807 bits per heavy atom. The van der Waals surface area contributed by atoms with Crippen LogP contribution in [0.4, 0.5) is 0 Å². The maximum Gasteiger partial charge on any atom is 0.134 e. The third-order valence-corrected chi connectivity index (χ3v) is 15.7. The van der Waals surface area contributed by atoms with Crippen molar-refractivity contribution in [3.05, 3.63) is 113 Å². The molecule has 300 valence electrons. The van der Waals surface area contributed by atoms with Crippen molar-refractivity contribution >= 4 is 19.0 Å². The first kappa shape index (κ1) is 42.4. The minimum absolute atomic E-state index is 0.209. The van der Waals surface area contributed by atoms with Crippen molar-refractivity contribution in [1.29, 1.82) is 0 Å². The zero-order chi connectivity index (χ0) is 41.6. The van der Waals surface area contributed by atoms with Crippen LogP contribution in [0.3, 0.4) is 0 Å². The molecule has 6 rings (SSSR count). The van der Waals surface area contributed by atoms with Crippen molar-refractivity contribution in [2.45, 2.75) is 130 Å². The van der Waals surface area contributed by atoms with E-state index in [1.54, 1.807) is 14.2 Å². The van der Waals surface area contributed by atoms with Gasteiger partial charge < -0.3 is 9.47 Å². The summed E-state index contributed by atoms with van der Waals surface area (Å²) in [5.74, 6) is 3.21. The van der Waals surface area contributed by atoms with Crippen LogP contribution in [0.2, 0.25) is 0 Å². The number of carbonyl (C=O) groups excluding carboxylic acids is 1. The van der Waals surface area contributed by atoms with Gasteiger partial charge in [0.15, 0.2) is 0 Å². The van der Waals surface area contributed by atoms with Crippen molar-refractivity contribution in [3.8, 4) is 56.0 Å². The van der Waals surface area contributed by atoms with E-state index in [0.717, 1.165) is 22.6 Å². The molecule has 4 heteroatoms. The Hall–Kier alpha value is -4.20. The van der Waals surface area contributed by atoms with Crippen LogP contribution in [-0.4, -0.2) is 30.3 Å². The van der Waals surface area contributed by atoms with E-state index in [1.807, 2.05) is 12.1 Å². The molecule has 1 aliphatic rings. The monoisotopic (exact) mass is 780 g/mol. The zero-order valence-electron chi connectivity index (χ0n) is 37.1. The molecule has 0 aromatic heterocycles. The molecule has 0 N–H and O–H groups in total. The smallest absolute Gasteiger partial charge is 0.134 e. The summed E-state index contributed by atoms with van der Waals surface area (Å²) in [5, 5.41) is 1.03. The molecule has 0 spiro atoms. The van der Waals surface area contributed by atoms with E-state index in [2.05, 4.69) is 162 Å². The van der Waals surface area contributed by atoms with Gasteiger partial charge in [0.25, 0.3) is 0 Å². The number of carbonyl (C=O) groups is 1. The van der Waals surface area contributed by atoms with Gasteiger partial charge in [0, 0.05) is 24.0 Å². The van der Waals surface area contributed by atoms with Crippen molar-refractivity contribution in [1.82, 2.24) is 0 Å². The van der Waals surface area contributed by atoms with Gasteiger partial charge in [-0.25, -0.2) is 0 Å². The Labute approximate surface area is 345 Å². The van der Waals surface area contributed by atoms with E-state index in [4.69, 9.17) is 9.47 Å². The van der Waals surface area contributed by atoms with E-state index in [1.165, 1.54) is 60.9 Å². The number of ketones is 1. The lowest BCUT2D eigenvalue weighted by molar-refractivity contribution is -0.120. The molecule has 3 nitrogen and oxygen atoms in total. The van der Waals surface area contributed by atoms with Gasteiger partial charge in [0.1, 0.15) is 17.3 Å². The van der Waals surface area contributed by atoms with Gasteiger partial charge >= 0.3 is 0 Å². The normalized spacial score (nSPS) is 15.6. The van der Waals surface area contributed by atoms with Crippen molar-refractivity contribution in [2.75, 3.05) is 14.2 Å². The van der Waals surface area contributed by atoms with Gasteiger partial charge in [0.2, 0.25) is 0 Å². The minimum Gasteiger partial charge on any atom is -0.496 e. The summed E-state index contributed by atoms with van der Waals surface area (Å²) >= 11 is 0. The average molecular weight is 781 g/mol. The van der Waals surface area contributed by atoms with E-state index >= 15 is 0 Å². The van der Waals surface area contributed by atoms with Crippen LogP contribution in [0, 0.1) is 0 Å². The average Bonchev–Trinajstić information content (AvgIpc) is 3.15. The number of rotatable bonds is 11. The van der Waals surface area contributed by atoms with Gasteiger partial charge in [-0.3, -0.25) is 4.79 Å². The van der Waals surface area contributed by atoms with E-state index in [0.29, 0.717) is 18.6 Å². The highest BCUT2D eigenvalue weighted by molar-refractivity contribution is 7.69. The molecule has 0 radical (unpaired) electrons. The first-order chi connectivity index (χ1) is 26.9. The molecule has 0 unspecified atom stereocenters. The Kier molecular flexibility index (Phi) is 12.3. The molecule has 0 atom stereocenters. The molecular weight excluding hydrogens is 716 g/mol. The molecule has 1 saturated heterocycles. The fourth-order valence-corrected chi connectivity index (χ4v) is 14.1. The second-order valence-corrected chi connectivity index (χ2v) is 22.2. The summed E-state index contributed by atoms with van der Waals surface area (Å²) in [6.07, 6.45) is 1.19. The summed E-state index contributed by atoms with van der Waals surface area (Å²) < 4.78 is 11.8. The summed E-state index contributed by atoms with van der Waals surface area (Å²) in [7, 11) is 2.65. The SMILES string of the molecule is COc1ccccc1-c1cc(C(C)C)c(-c2cccc(-c3c(C(C)C)cc(-c4ccccc4OC)cc3C(C)C)c2P2C(C)(C)CC(=O)CC2(C)C)c(C(C)C)c1. The van der Waals surface area contributed by atoms with E-state index in [-0.39, 0.29) is 34.0 Å². The number of methoxy groups -OCH3 is 2. The fourth-order valence-electron chi connectivity index (χ4n) is 9.69. The van der Waals surface area contributed by atoms with E-state index in [9.17, 15) is 4.79 Å². The largest absolute Gasteiger partial charge is 0.496 e. The predicted octanol–water partition coefficient (Wildman–Crippen LogP) is 14.9. The zero-order valence-corrected chi connectivity index (χ0v) is 38.0. The quantitative estimate of drug-likeness (QED) is 0.125. The molecule has 57 heavy (non-hydrogen) atoms. The number of benzene rings is 5. The highest BCUT2D eigenvalue weighted by Crippen LogP contribution is 2.67. The summed E-state index contributed by atoms with van der Waals surface area (Å²) in [4.78, 5) is 13.6. The molecule has 1 fully saturated rings. The van der Waals surface area contributed by atoms with Gasteiger partial charge in [-0.05, 0) is 107 Å². The first-order valence-electron chi connectivity index (χ1n) is 21.0. The van der Waals surface area contributed by atoms with Crippen LogP contribution in [0.15, 0.2) is 91.0 Å². The molecule has 1 heterocycles. The standard InChI is InChI=1S/C53H65O3P/c1-32(2)43-26-36(39-20-15-17-24-47(39)55-13)27-44(33(3)4)49(43)41-22-19-23-42(51(41)57-52(9,10)30-38(54)31-53(57,11)12)50-45(34(5)6)28-37(29-46(50)35(7)8)40-21-16-18-25-48(40)56-14/h15-29,32-35H,30-31H2,1-14H3. The lowest BCUT2D eigenvalue weighted by Gasteiger charge is -2.50. The maximum absolute atomic E-state index is 13.6. The number of ether oxygens (including phenoxy) is 2. The Balaban J connectivity index is 1.80. The molecule has 5 aromatic carbocycles. The first-order valence-corrected chi connectivity index (χ1v) is 22.3. The fraction of sp³-hybridized carbons (Fsp3) is 0.415. The maximum atomic E-state index is 13.6. The summed E-state index contributed by atoms with van der Waals surface area (Å²) in [6, 6.07) is 33.6. The highest BCUT2D eigenvalue weighted by atomic mass is 31.1. The lowest BCUT2D eigenvalue weighted by atomic mass is 9.79. The molecule has 0 saturated carbocycles. The van der Waals surface area contributed by atoms with Crippen molar-refractivity contribution in [3.63, 3.8) is 0 Å². The van der Waals surface area contributed by atoms with Gasteiger partial charge in [-0.1, -0.05) is 170 Å². The number of hydrogen-bond acceptors (Lipinski definition) is 3. The molecule has 1 aliphatic heterocycles. The third-order valence-electron chi connectivity index (χ3n) is 12.0. The minimum atomic E-state index is -0.875. The van der Waals surface area contributed by atoms with Crippen LogP contribution in [0.5, 0.6) is 11.5 Å². The Morgan fingerprint density at radius 3 is 1.12 bits per heavy atom. The summed E-state index contributed by atoms with van der Waals surface area (Å²) in [6.45, 7) is 28.1. The van der Waals surface area contributed by atoms with Gasteiger partial charge in [0.05, 0.1) is 14.2 Å². The van der Waals surface area contributed by atoms with Crippen LogP contribution in [0.1, 0.15) is 142 Å². The molecule has 0 bridgehead atoms. The molecule has 5 aromatic rings. The highest BCUT2D eigenvalue weighted by Gasteiger charge is 2.49.